The monoisotopic (exact) mass is 247 g/mol. The number of halogens is 2. The van der Waals surface area contributed by atoms with Crippen molar-refractivity contribution in [1.82, 2.24) is 0 Å². The van der Waals surface area contributed by atoms with Gasteiger partial charge in [0.2, 0.25) is 12.0 Å². The molecule has 0 saturated heterocycles. The summed E-state index contributed by atoms with van der Waals surface area (Å²) in [6, 6.07) is 0. The maximum absolute atomic E-state index is 13.2. The number of pyridine rings is 1. The standard InChI is InChI=1S/C10H11ClFNO3/c1-6-7(3-4-9(14)16-2)10(11)8(12)5-13(6)15/h5H,3-4H2,1-2H3. The lowest BCUT2D eigenvalue weighted by Gasteiger charge is -2.08. The Balaban J connectivity index is 2.99. The Hall–Kier alpha value is -1.36. The first-order valence-electron chi connectivity index (χ1n) is 4.60. The van der Waals surface area contributed by atoms with Crippen LogP contribution in [0.3, 0.4) is 0 Å². The van der Waals surface area contributed by atoms with E-state index < -0.39 is 11.8 Å². The molecule has 0 fully saturated rings. The van der Waals surface area contributed by atoms with Crippen molar-refractivity contribution in [2.75, 3.05) is 7.11 Å². The van der Waals surface area contributed by atoms with E-state index in [1.54, 1.807) is 0 Å². The SMILES string of the molecule is COC(=O)CCc1c(Cl)c(F)c[n+]([O-])c1C. The largest absolute Gasteiger partial charge is 0.618 e. The molecule has 0 aliphatic carbocycles. The van der Waals surface area contributed by atoms with E-state index in [2.05, 4.69) is 4.74 Å². The molecule has 4 nitrogen and oxygen atoms in total. The Labute approximate surface area is 97.2 Å². The summed E-state index contributed by atoms with van der Waals surface area (Å²) in [5.41, 5.74) is 0.623. The molecule has 1 aromatic heterocycles. The van der Waals surface area contributed by atoms with Crippen LogP contribution in [0.15, 0.2) is 6.20 Å². The number of methoxy groups -OCH3 is 1. The van der Waals surface area contributed by atoms with Gasteiger partial charge in [-0.05, 0) is 6.42 Å². The summed E-state index contributed by atoms with van der Waals surface area (Å²) in [6.07, 6.45) is 0.997. The minimum atomic E-state index is -0.790. The van der Waals surface area contributed by atoms with Crippen LogP contribution in [0.4, 0.5) is 4.39 Å². The highest BCUT2D eigenvalue weighted by molar-refractivity contribution is 6.31. The van der Waals surface area contributed by atoms with E-state index in [4.69, 9.17) is 11.6 Å². The maximum Gasteiger partial charge on any atom is 0.305 e. The fourth-order valence-electron chi connectivity index (χ4n) is 1.31. The third kappa shape index (κ3) is 2.61. The van der Waals surface area contributed by atoms with Gasteiger partial charge in [-0.25, -0.2) is 0 Å². The molecule has 0 amide bonds. The Bertz CT molecular complexity index is 397. The van der Waals surface area contributed by atoms with Crippen LogP contribution >= 0.6 is 11.6 Å². The summed E-state index contributed by atoms with van der Waals surface area (Å²) in [5.74, 6) is -1.22. The van der Waals surface area contributed by atoms with Gasteiger partial charge in [0, 0.05) is 18.9 Å². The predicted molar refractivity (Wildman–Crippen MR) is 55.4 cm³/mol. The summed E-state index contributed by atoms with van der Waals surface area (Å²) in [7, 11) is 1.26. The zero-order chi connectivity index (χ0) is 12.3. The van der Waals surface area contributed by atoms with Crippen molar-refractivity contribution >= 4 is 17.6 Å². The van der Waals surface area contributed by atoms with Gasteiger partial charge in [-0.2, -0.15) is 9.12 Å². The van der Waals surface area contributed by atoms with Gasteiger partial charge < -0.3 is 9.94 Å². The van der Waals surface area contributed by atoms with E-state index in [9.17, 15) is 14.4 Å². The second kappa shape index (κ2) is 5.12. The molecule has 0 aliphatic heterocycles. The first-order chi connectivity index (χ1) is 7.47. The topological polar surface area (TPSA) is 53.2 Å². The molecule has 0 atom stereocenters. The lowest BCUT2D eigenvalue weighted by molar-refractivity contribution is -0.614. The van der Waals surface area contributed by atoms with E-state index in [0.717, 1.165) is 6.20 Å². The van der Waals surface area contributed by atoms with Gasteiger partial charge >= 0.3 is 5.97 Å². The van der Waals surface area contributed by atoms with Crippen LogP contribution in [0.5, 0.6) is 0 Å². The van der Waals surface area contributed by atoms with Gasteiger partial charge in [-0.1, -0.05) is 11.6 Å². The smallest absolute Gasteiger partial charge is 0.305 e. The van der Waals surface area contributed by atoms with Gasteiger partial charge in [0.05, 0.1) is 12.1 Å². The number of esters is 1. The minimum absolute atomic E-state index is 0.0561. The highest BCUT2D eigenvalue weighted by Crippen LogP contribution is 2.22. The van der Waals surface area contributed by atoms with Crippen LogP contribution < -0.4 is 4.73 Å². The summed E-state index contributed by atoms with van der Waals surface area (Å²) in [5, 5.41) is 11.1. The molecule has 88 valence electrons. The van der Waals surface area contributed by atoms with Gasteiger partial charge in [0.25, 0.3) is 0 Å². The van der Waals surface area contributed by atoms with E-state index in [-0.39, 0.29) is 23.6 Å². The second-order valence-electron chi connectivity index (χ2n) is 3.26. The Morgan fingerprint density at radius 3 is 2.88 bits per heavy atom. The van der Waals surface area contributed by atoms with Crippen LogP contribution in [0.1, 0.15) is 17.7 Å². The highest BCUT2D eigenvalue weighted by atomic mass is 35.5. The molecule has 0 N–H and O–H groups in total. The Morgan fingerprint density at radius 2 is 2.31 bits per heavy atom. The molecular weight excluding hydrogens is 237 g/mol. The summed E-state index contributed by atoms with van der Waals surface area (Å²) in [4.78, 5) is 10.9. The molecule has 0 aromatic carbocycles. The Morgan fingerprint density at radius 1 is 1.69 bits per heavy atom. The van der Waals surface area contributed by atoms with Gasteiger partial charge in [-0.15, -0.1) is 0 Å². The second-order valence-corrected chi connectivity index (χ2v) is 3.63. The van der Waals surface area contributed by atoms with Gasteiger partial charge in [0.1, 0.15) is 0 Å². The molecular formula is C10H11ClFNO3. The van der Waals surface area contributed by atoms with E-state index in [1.807, 2.05) is 0 Å². The quantitative estimate of drug-likeness (QED) is 0.462. The minimum Gasteiger partial charge on any atom is -0.618 e. The normalized spacial score (nSPS) is 10.2. The van der Waals surface area contributed by atoms with Gasteiger partial charge in [-0.3, -0.25) is 4.79 Å². The average Bonchev–Trinajstić information content (AvgIpc) is 2.26. The van der Waals surface area contributed by atoms with Crippen molar-refractivity contribution in [3.05, 3.63) is 33.5 Å². The highest BCUT2D eigenvalue weighted by Gasteiger charge is 2.18. The molecule has 6 heteroatoms. The number of carbonyl (C=O) groups excluding carboxylic acids is 1. The third-order valence-electron chi connectivity index (χ3n) is 2.28. The van der Waals surface area contributed by atoms with Crippen molar-refractivity contribution in [2.24, 2.45) is 0 Å². The number of rotatable bonds is 3. The molecule has 0 bridgehead atoms. The molecule has 0 unspecified atom stereocenters. The molecule has 0 spiro atoms. The van der Waals surface area contributed by atoms with Crippen molar-refractivity contribution in [2.45, 2.75) is 19.8 Å². The molecule has 0 aliphatic rings. The zero-order valence-corrected chi connectivity index (χ0v) is 9.68. The van der Waals surface area contributed by atoms with Gasteiger partial charge in [0.15, 0.2) is 5.69 Å². The lowest BCUT2D eigenvalue weighted by Crippen LogP contribution is -2.32. The van der Waals surface area contributed by atoms with E-state index >= 15 is 0 Å². The lowest BCUT2D eigenvalue weighted by atomic mass is 10.1. The summed E-state index contributed by atoms with van der Waals surface area (Å²) in [6.45, 7) is 1.52. The number of hydrogen-bond donors (Lipinski definition) is 0. The fraction of sp³-hybridized carbons (Fsp3) is 0.400. The third-order valence-corrected chi connectivity index (χ3v) is 2.69. The molecule has 0 saturated carbocycles. The summed E-state index contributed by atoms with van der Waals surface area (Å²) >= 11 is 5.72. The molecule has 1 rings (SSSR count). The number of hydrogen-bond acceptors (Lipinski definition) is 3. The van der Waals surface area contributed by atoms with E-state index in [0.29, 0.717) is 10.3 Å². The van der Waals surface area contributed by atoms with Crippen molar-refractivity contribution < 1.29 is 18.7 Å². The first-order valence-corrected chi connectivity index (χ1v) is 4.98. The van der Waals surface area contributed by atoms with Crippen LogP contribution in [-0.2, 0) is 16.0 Å². The first kappa shape index (κ1) is 12.7. The van der Waals surface area contributed by atoms with Crippen LogP contribution in [0, 0.1) is 17.9 Å². The number of ether oxygens (including phenoxy) is 1. The van der Waals surface area contributed by atoms with Crippen LogP contribution in [-0.4, -0.2) is 13.1 Å². The van der Waals surface area contributed by atoms with Crippen LogP contribution in [0.25, 0.3) is 0 Å². The molecule has 1 aromatic rings. The predicted octanol–water partition coefficient (Wildman–Crippen LogP) is 1.53. The zero-order valence-electron chi connectivity index (χ0n) is 8.92. The molecule has 16 heavy (non-hydrogen) atoms. The fourth-order valence-corrected chi connectivity index (χ4v) is 1.59. The van der Waals surface area contributed by atoms with Crippen molar-refractivity contribution in [3.8, 4) is 0 Å². The number of aromatic nitrogens is 1. The molecule has 1 heterocycles. The number of carbonyl (C=O) groups is 1. The van der Waals surface area contributed by atoms with Crippen molar-refractivity contribution in [1.29, 1.82) is 0 Å². The average molecular weight is 248 g/mol. The summed E-state index contributed by atoms with van der Waals surface area (Å²) < 4.78 is 18.0. The molecule has 0 radical (unpaired) electrons. The Kier molecular flexibility index (Phi) is 4.06. The van der Waals surface area contributed by atoms with Crippen LogP contribution in [0.2, 0.25) is 5.02 Å². The van der Waals surface area contributed by atoms with E-state index in [1.165, 1.54) is 14.0 Å². The maximum atomic E-state index is 13.2. The van der Waals surface area contributed by atoms with Crippen molar-refractivity contribution in [3.63, 3.8) is 0 Å². The number of nitrogens with zero attached hydrogens (tertiary/aromatic N) is 1.